The Labute approximate surface area is 205 Å². The van der Waals surface area contributed by atoms with Gasteiger partial charge in [0.15, 0.2) is 0 Å². The molecule has 2 amide bonds. The van der Waals surface area contributed by atoms with Gasteiger partial charge in [0.2, 0.25) is 0 Å². The second kappa shape index (κ2) is 8.05. The van der Waals surface area contributed by atoms with Crippen molar-refractivity contribution in [2.75, 3.05) is 6.54 Å². The number of aliphatic hydroxyl groups excluding tert-OH is 1. The van der Waals surface area contributed by atoms with Crippen molar-refractivity contribution in [3.05, 3.63) is 42.1 Å². The van der Waals surface area contributed by atoms with Crippen molar-refractivity contribution in [2.24, 2.45) is 29.1 Å². The maximum Gasteiger partial charge on any atom is 0.315 e. The van der Waals surface area contributed by atoms with E-state index in [0.29, 0.717) is 41.7 Å². The maximum atomic E-state index is 14.9. The monoisotopic (exact) mass is 478 g/mol. The maximum absolute atomic E-state index is 14.9. The number of aromatic nitrogens is 2. The Balaban J connectivity index is 1.05. The third-order valence-electron chi connectivity index (χ3n) is 10.0. The number of amides is 2. The van der Waals surface area contributed by atoms with Crippen LogP contribution < -0.4 is 10.6 Å². The van der Waals surface area contributed by atoms with Crippen LogP contribution in [0.5, 0.6) is 0 Å². The Morgan fingerprint density at radius 2 is 2.03 bits per heavy atom. The smallest absolute Gasteiger partial charge is 0.315 e. The molecule has 0 radical (unpaired) electrons. The summed E-state index contributed by atoms with van der Waals surface area (Å²) in [6.45, 7) is 0.734. The molecule has 8 rings (SSSR count). The van der Waals surface area contributed by atoms with E-state index in [9.17, 15) is 14.3 Å². The molecule has 1 aromatic heterocycles. The van der Waals surface area contributed by atoms with Crippen molar-refractivity contribution in [3.8, 4) is 11.3 Å². The third kappa shape index (κ3) is 3.61. The molecule has 6 aliphatic rings. The number of nitrogens with one attached hydrogen (secondary N) is 2. The molecule has 5 fully saturated rings. The summed E-state index contributed by atoms with van der Waals surface area (Å²) < 4.78 is 17.0. The summed E-state index contributed by atoms with van der Waals surface area (Å²) in [4.78, 5) is 16.4. The number of rotatable bonds is 7. The average molecular weight is 479 g/mol. The van der Waals surface area contributed by atoms with Gasteiger partial charge in [-0.3, -0.25) is 0 Å². The zero-order valence-electron chi connectivity index (χ0n) is 20.1. The molecule has 4 atom stereocenters. The van der Waals surface area contributed by atoms with E-state index in [0.717, 1.165) is 56.3 Å². The van der Waals surface area contributed by atoms with E-state index in [1.165, 1.54) is 18.9 Å². The molecule has 5 aliphatic carbocycles. The highest BCUT2D eigenvalue weighted by Crippen LogP contribution is 2.64. The van der Waals surface area contributed by atoms with Crippen molar-refractivity contribution >= 4 is 6.03 Å². The van der Waals surface area contributed by atoms with Crippen molar-refractivity contribution in [3.63, 3.8) is 0 Å². The van der Waals surface area contributed by atoms with Crippen LogP contribution in [0.3, 0.4) is 0 Å². The first kappa shape index (κ1) is 21.8. The van der Waals surface area contributed by atoms with Crippen molar-refractivity contribution < 1.29 is 14.3 Å². The Hall–Kier alpha value is -2.41. The summed E-state index contributed by atoms with van der Waals surface area (Å²) in [5, 5.41) is 17.8. The first-order valence-electron chi connectivity index (χ1n) is 13.5. The Morgan fingerprint density at radius 3 is 2.80 bits per heavy atom. The van der Waals surface area contributed by atoms with Crippen LogP contribution in [0.25, 0.3) is 11.3 Å². The van der Waals surface area contributed by atoms with Crippen LogP contribution in [0, 0.1) is 34.9 Å². The molecule has 0 saturated heterocycles. The lowest BCUT2D eigenvalue weighted by Crippen LogP contribution is -2.56. The van der Waals surface area contributed by atoms with Crippen LogP contribution >= 0.6 is 0 Å². The van der Waals surface area contributed by atoms with Gasteiger partial charge in [-0.15, -0.1) is 0 Å². The van der Waals surface area contributed by atoms with E-state index in [1.54, 1.807) is 18.6 Å². The predicted octanol–water partition coefficient (Wildman–Crippen LogP) is 4.64. The Bertz CT molecular complexity index is 1130. The summed E-state index contributed by atoms with van der Waals surface area (Å²) >= 11 is 0. The minimum absolute atomic E-state index is 0.0221. The largest absolute Gasteiger partial charge is 0.392 e. The fourth-order valence-electron chi connectivity index (χ4n) is 8.58. The summed E-state index contributed by atoms with van der Waals surface area (Å²) in [7, 11) is 0. The van der Waals surface area contributed by atoms with Crippen LogP contribution in [0.2, 0.25) is 0 Å². The number of hydrogen-bond acceptors (Lipinski definition) is 3. The second-order valence-electron chi connectivity index (χ2n) is 12.1. The topological polar surface area (TPSA) is 79.2 Å². The van der Waals surface area contributed by atoms with Crippen LogP contribution in [0.15, 0.2) is 30.7 Å². The van der Waals surface area contributed by atoms with Crippen molar-refractivity contribution in [1.82, 2.24) is 20.2 Å². The first-order valence-corrected chi connectivity index (χ1v) is 13.5. The van der Waals surface area contributed by atoms with Gasteiger partial charge in [-0.2, -0.15) is 0 Å². The molecule has 5 saturated carbocycles. The molecule has 6 nitrogen and oxygen atoms in total. The van der Waals surface area contributed by atoms with Gasteiger partial charge in [0.25, 0.3) is 0 Å². The number of hydrogen-bond donors (Lipinski definition) is 3. The zero-order valence-corrected chi connectivity index (χ0v) is 20.1. The molecular formula is C28H35FN4O2. The van der Waals surface area contributed by atoms with Gasteiger partial charge < -0.3 is 20.3 Å². The van der Waals surface area contributed by atoms with E-state index < -0.39 is 6.10 Å². The molecule has 4 unspecified atom stereocenters. The highest BCUT2D eigenvalue weighted by molar-refractivity contribution is 5.74. The molecule has 3 N–H and O–H groups in total. The molecule has 1 aliphatic heterocycles. The van der Waals surface area contributed by atoms with E-state index in [-0.39, 0.29) is 23.3 Å². The fourth-order valence-corrected chi connectivity index (χ4v) is 8.58. The number of halogens is 1. The minimum atomic E-state index is -0.454. The SMILES string of the molecule is O=C(NCCC1C2CC3CC1CC(C(O)CC1c4c(F)cccc4-c4cncn41)(C3)C2)NC1CC1. The summed E-state index contributed by atoms with van der Waals surface area (Å²) in [6, 6.07) is 5.42. The number of fused-ring (bicyclic) bond motifs is 3. The predicted molar refractivity (Wildman–Crippen MR) is 130 cm³/mol. The van der Waals surface area contributed by atoms with Crippen LogP contribution in [-0.4, -0.2) is 39.4 Å². The van der Waals surface area contributed by atoms with Crippen molar-refractivity contribution in [1.29, 1.82) is 0 Å². The van der Waals surface area contributed by atoms with Gasteiger partial charge in [-0.1, -0.05) is 12.1 Å². The Kier molecular flexibility index (Phi) is 5.02. The van der Waals surface area contributed by atoms with Gasteiger partial charge in [-0.25, -0.2) is 14.2 Å². The summed E-state index contributed by atoms with van der Waals surface area (Å²) in [6.07, 6.45) is 12.7. The lowest BCUT2D eigenvalue weighted by Gasteiger charge is -2.62. The van der Waals surface area contributed by atoms with Gasteiger partial charge in [-0.05, 0) is 92.9 Å². The number of aliphatic hydroxyl groups is 1. The highest BCUT2D eigenvalue weighted by Gasteiger charge is 2.57. The number of benzene rings is 1. The molecule has 7 heteroatoms. The van der Waals surface area contributed by atoms with E-state index >= 15 is 0 Å². The summed E-state index contributed by atoms with van der Waals surface area (Å²) in [5.41, 5.74) is 2.50. The average Bonchev–Trinajstić information content (AvgIpc) is 3.40. The molecule has 35 heavy (non-hydrogen) atoms. The number of nitrogens with zero attached hydrogens (tertiary/aromatic N) is 2. The standard InChI is InChI=1S/C28H35FN4O2/c29-22-3-1-2-21-24-14-30-15-33(24)23(26(21)22)10-25(34)28-11-16-8-17(12-28)20(18(9-16)13-28)6-7-31-27(35)32-19-4-5-19/h1-3,14-20,23,25,34H,4-13H2,(H2,31,32,35). The second-order valence-corrected chi connectivity index (χ2v) is 12.1. The quantitative estimate of drug-likeness (QED) is 0.543. The highest BCUT2D eigenvalue weighted by atomic mass is 19.1. The zero-order chi connectivity index (χ0) is 23.7. The van der Waals surface area contributed by atoms with Crippen LogP contribution in [0.1, 0.15) is 69.4 Å². The molecule has 2 aromatic rings. The van der Waals surface area contributed by atoms with E-state index in [1.807, 2.05) is 6.07 Å². The van der Waals surface area contributed by atoms with Gasteiger partial charge in [0, 0.05) is 23.7 Å². The number of carbonyl (C=O) groups excluding carboxylic acids is 1. The van der Waals surface area contributed by atoms with Gasteiger partial charge in [0.05, 0.1) is 30.4 Å². The minimum Gasteiger partial charge on any atom is -0.392 e. The lowest BCUT2D eigenvalue weighted by molar-refractivity contribution is -0.151. The molecular weight excluding hydrogens is 443 g/mol. The number of imidazole rings is 1. The van der Waals surface area contributed by atoms with Gasteiger partial charge in [0.1, 0.15) is 5.82 Å². The third-order valence-corrected chi connectivity index (χ3v) is 10.0. The number of urea groups is 1. The van der Waals surface area contributed by atoms with Crippen molar-refractivity contribution in [2.45, 2.75) is 76.0 Å². The van der Waals surface area contributed by atoms with Crippen LogP contribution in [0.4, 0.5) is 9.18 Å². The molecule has 0 spiro atoms. The molecule has 4 bridgehead atoms. The summed E-state index contributed by atoms with van der Waals surface area (Å²) in [5.74, 6) is 2.40. The van der Waals surface area contributed by atoms with E-state index in [4.69, 9.17) is 0 Å². The van der Waals surface area contributed by atoms with Crippen LogP contribution in [-0.2, 0) is 0 Å². The molecule has 2 heterocycles. The first-order chi connectivity index (χ1) is 17.0. The molecule has 1 aromatic carbocycles. The normalized spacial score (nSPS) is 35.0. The lowest BCUT2D eigenvalue weighted by atomic mass is 9.44. The Morgan fingerprint density at radius 1 is 1.23 bits per heavy atom. The van der Waals surface area contributed by atoms with Gasteiger partial charge >= 0.3 is 6.03 Å². The van der Waals surface area contributed by atoms with E-state index in [2.05, 4.69) is 20.2 Å². The molecule has 186 valence electrons. The number of carbonyl (C=O) groups is 1. The fraction of sp³-hybridized carbons (Fsp3) is 0.643.